The molecule has 0 radical (unpaired) electrons. The molecule has 83 heavy (non-hydrogen) atoms. The van der Waals surface area contributed by atoms with E-state index in [2.05, 4.69) is 93.7 Å². The zero-order valence-corrected chi connectivity index (χ0v) is 55.5. The highest BCUT2D eigenvalue weighted by Gasteiger charge is 2.19. The molecule has 0 rings (SSSR count). The lowest BCUT2D eigenvalue weighted by Gasteiger charge is -2.18. The molecule has 0 aliphatic heterocycles. The normalized spacial score (nSPS) is 12.5. The number of esters is 3. The van der Waals surface area contributed by atoms with E-state index in [1.807, 2.05) is 0 Å². The van der Waals surface area contributed by atoms with Crippen molar-refractivity contribution in [1.82, 2.24) is 0 Å². The van der Waals surface area contributed by atoms with Gasteiger partial charge in [-0.15, -0.1) is 0 Å². The summed E-state index contributed by atoms with van der Waals surface area (Å²) < 4.78 is 17.0. The Bertz CT molecular complexity index is 1520. The number of unbranched alkanes of at least 4 members (excludes halogenated alkanes) is 44. The summed E-state index contributed by atoms with van der Waals surface area (Å²) in [4.78, 5) is 38.5. The maximum atomic E-state index is 13.0. The molecule has 0 aromatic carbocycles. The van der Waals surface area contributed by atoms with Crippen molar-refractivity contribution in [1.29, 1.82) is 0 Å². The molecule has 0 bridgehead atoms. The maximum Gasteiger partial charge on any atom is 0.306 e. The molecule has 0 saturated carbocycles. The Kier molecular flexibility index (Phi) is 68.6. The van der Waals surface area contributed by atoms with Crippen LogP contribution in [-0.2, 0) is 28.6 Å². The molecule has 6 heteroatoms. The third-order valence-electron chi connectivity index (χ3n) is 16.2. The van der Waals surface area contributed by atoms with Crippen molar-refractivity contribution in [3.05, 3.63) is 72.9 Å². The van der Waals surface area contributed by atoms with E-state index in [4.69, 9.17) is 14.2 Å². The Hall–Kier alpha value is -3.15. The lowest BCUT2D eigenvalue weighted by atomic mass is 10.0. The molecule has 0 aromatic rings. The summed E-state index contributed by atoms with van der Waals surface area (Å²) in [5, 5.41) is 0. The van der Waals surface area contributed by atoms with Crippen LogP contribution >= 0.6 is 0 Å². The number of hydrogen-bond acceptors (Lipinski definition) is 6. The molecule has 6 nitrogen and oxygen atoms in total. The highest BCUT2D eigenvalue weighted by molar-refractivity contribution is 5.71. The van der Waals surface area contributed by atoms with Crippen molar-refractivity contribution in [3.8, 4) is 0 Å². The minimum atomic E-state index is -0.780. The first-order valence-electron chi connectivity index (χ1n) is 36.4. The van der Waals surface area contributed by atoms with E-state index in [1.54, 1.807) is 0 Å². The monoisotopic (exact) mass is 1160 g/mol. The number of ether oxygens (including phenoxy) is 3. The molecule has 0 N–H and O–H groups in total. The van der Waals surface area contributed by atoms with E-state index in [9.17, 15) is 14.4 Å². The van der Waals surface area contributed by atoms with Gasteiger partial charge in [0.15, 0.2) is 6.10 Å². The molecule has 1 unspecified atom stereocenters. The van der Waals surface area contributed by atoms with E-state index in [0.29, 0.717) is 19.3 Å². The number of carbonyl (C=O) groups is 3. The fraction of sp³-hybridized carbons (Fsp3) is 0.805. The van der Waals surface area contributed by atoms with Crippen molar-refractivity contribution in [2.75, 3.05) is 13.2 Å². The van der Waals surface area contributed by atoms with Gasteiger partial charge in [0.05, 0.1) is 0 Å². The highest BCUT2D eigenvalue weighted by atomic mass is 16.6. The zero-order valence-electron chi connectivity index (χ0n) is 55.5. The molecule has 1 atom stereocenters. The zero-order chi connectivity index (χ0) is 59.9. The van der Waals surface area contributed by atoms with Crippen molar-refractivity contribution in [2.45, 2.75) is 386 Å². The highest BCUT2D eigenvalue weighted by Crippen LogP contribution is 2.18. The van der Waals surface area contributed by atoms with Crippen LogP contribution in [0.4, 0.5) is 0 Å². The molecule has 0 amide bonds. The fourth-order valence-electron chi connectivity index (χ4n) is 10.7. The summed E-state index contributed by atoms with van der Waals surface area (Å²) in [5.74, 6) is -0.859. The molecule has 0 fully saturated rings. The molecule has 0 saturated heterocycles. The molecule has 0 aliphatic rings. The molecular weight excluding hydrogens is 1020 g/mol. The second-order valence-electron chi connectivity index (χ2n) is 24.5. The van der Waals surface area contributed by atoms with Crippen LogP contribution in [0.25, 0.3) is 0 Å². The predicted octanol–water partition coefficient (Wildman–Crippen LogP) is 25.2. The maximum absolute atomic E-state index is 13.0. The first kappa shape index (κ1) is 79.8. The van der Waals surface area contributed by atoms with Crippen molar-refractivity contribution in [3.63, 3.8) is 0 Å². The molecule has 0 spiro atoms. The molecule has 482 valence electrons. The van der Waals surface area contributed by atoms with Crippen LogP contribution < -0.4 is 0 Å². The number of allylic oxidation sites excluding steroid dienone is 12. The van der Waals surface area contributed by atoms with E-state index in [1.165, 1.54) is 257 Å². The Labute approximate surface area is 516 Å². The standard InChI is InChI=1S/C77H138O6/c1-4-7-10-13-16-19-22-25-28-31-34-35-36-37-38-39-40-41-42-43-44-47-49-52-55-58-61-64-67-70-76(79)82-73-74(83-77(80)71-68-65-62-59-56-53-50-46-33-30-27-24-21-18-15-12-9-6-3)72-81-75(78)69-66-63-60-57-54-51-48-45-32-29-26-23-20-17-14-11-8-5-2/h7,10,16,19,25,28-30,32-35,74H,4-6,8-9,11-15,17-18,20-24,26-27,31,36-73H2,1-3H3/b10-7-,19-16-,28-25-,32-29-,33-30-,35-34-. The van der Waals surface area contributed by atoms with Crippen molar-refractivity contribution >= 4 is 17.9 Å². The van der Waals surface area contributed by atoms with Gasteiger partial charge >= 0.3 is 17.9 Å². The Morgan fingerprint density at radius 1 is 0.253 bits per heavy atom. The summed E-state index contributed by atoms with van der Waals surface area (Å²) >= 11 is 0. The average Bonchev–Trinajstić information content (AvgIpc) is 3.49. The van der Waals surface area contributed by atoms with Crippen LogP contribution in [0.2, 0.25) is 0 Å². The number of hydrogen-bond donors (Lipinski definition) is 0. The van der Waals surface area contributed by atoms with E-state index < -0.39 is 6.10 Å². The summed E-state index contributed by atoms with van der Waals surface area (Å²) in [6.45, 7) is 6.58. The minimum Gasteiger partial charge on any atom is -0.462 e. The lowest BCUT2D eigenvalue weighted by Crippen LogP contribution is -2.30. The van der Waals surface area contributed by atoms with Crippen LogP contribution in [-0.4, -0.2) is 37.2 Å². The first-order chi connectivity index (χ1) is 41.0. The molecule has 0 aromatic heterocycles. The Morgan fingerprint density at radius 3 is 0.747 bits per heavy atom. The van der Waals surface area contributed by atoms with Gasteiger partial charge in [0.1, 0.15) is 13.2 Å². The predicted molar refractivity (Wildman–Crippen MR) is 362 cm³/mol. The fourth-order valence-corrected chi connectivity index (χ4v) is 10.7. The Morgan fingerprint density at radius 2 is 0.470 bits per heavy atom. The Balaban J connectivity index is 4.27. The summed E-state index contributed by atoms with van der Waals surface area (Å²) in [6.07, 6.45) is 93.6. The third-order valence-corrected chi connectivity index (χ3v) is 16.2. The second-order valence-corrected chi connectivity index (χ2v) is 24.5. The van der Waals surface area contributed by atoms with Gasteiger partial charge in [-0.25, -0.2) is 0 Å². The largest absolute Gasteiger partial charge is 0.462 e. The summed E-state index contributed by atoms with van der Waals surface area (Å²) in [7, 11) is 0. The SMILES string of the molecule is CC/C=C\C/C=C\C/C=C\C/C=C\CCCCCCCCCCCCCCCCCCC(=O)OCC(COC(=O)CCCCCCCCC/C=C\CCCCCCCCC)OC(=O)CCCCCCCCC/C=C\CCCCCCCCC. The van der Waals surface area contributed by atoms with Crippen LogP contribution in [0, 0.1) is 0 Å². The third kappa shape index (κ3) is 69.5. The van der Waals surface area contributed by atoms with Crippen LogP contribution in [0.15, 0.2) is 72.9 Å². The topological polar surface area (TPSA) is 78.9 Å². The lowest BCUT2D eigenvalue weighted by molar-refractivity contribution is -0.167. The van der Waals surface area contributed by atoms with Crippen LogP contribution in [0.5, 0.6) is 0 Å². The van der Waals surface area contributed by atoms with Crippen molar-refractivity contribution < 1.29 is 28.6 Å². The quantitative estimate of drug-likeness (QED) is 0.0261. The van der Waals surface area contributed by atoms with Crippen LogP contribution in [0.1, 0.15) is 380 Å². The summed E-state index contributed by atoms with van der Waals surface area (Å²) in [6, 6.07) is 0. The van der Waals surface area contributed by atoms with Gasteiger partial charge in [0, 0.05) is 19.3 Å². The van der Waals surface area contributed by atoms with Gasteiger partial charge in [-0.2, -0.15) is 0 Å². The van der Waals surface area contributed by atoms with E-state index in [0.717, 1.165) is 83.5 Å². The molecular formula is C77H138O6. The van der Waals surface area contributed by atoms with Gasteiger partial charge in [-0.1, -0.05) is 325 Å². The minimum absolute atomic E-state index is 0.0745. The smallest absolute Gasteiger partial charge is 0.306 e. The number of rotatable bonds is 67. The summed E-state index contributed by atoms with van der Waals surface area (Å²) in [5.41, 5.74) is 0. The molecule has 0 heterocycles. The number of carbonyl (C=O) groups excluding carboxylic acids is 3. The van der Waals surface area contributed by atoms with Gasteiger partial charge in [0.25, 0.3) is 0 Å². The van der Waals surface area contributed by atoms with Gasteiger partial charge in [0.2, 0.25) is 0 Å². The van der Waals surface area contributed by atoms with Crippen molar-refractivity contribution in [2.24, 2.45) is 0 Å². The first-order valence-corrected chi connectivity index (χ1v) is 36.4. The second kappa shape index (κ2) is 71.3. The van der Waals surface area contributed by atoms with Gasteiger partial charge < -0.3 is 14.2 Å². The molecule has 0 aliphatic carbocycles. The van der Waals surface area contributed by atoms with Crippen LogP contribution in [0.3, 0.4) is 0 Å². The average molecular weight is 1160 g/mol. The van der Waals surface area contributed by atoms with Gasteiger partial charge in [-0.3, -0.25) is 14.4 Å². The van der Waals surface area contributed by atoms with E-state index in [-0.39, 0.29) is 31.1 Å². The van der Waals surface area contributed by atoms with Gasteiger partial charge in [-0.05, 0) is 109 Å². The van der Waals surface area contributed by atoms with E-state index >= 15 is 0 Å².